The number of amides is 1. The summed E-state index contributed by atoms with van der Waals surface area (Å²) >= 11 is 0. The highest BCUT2D eigenvalue weighted by Gasteiger charge is 2.15. The van der Waals surface area contributed by atoms with Crippen LogP contribution in [0.2, 0.25) is 0 Å². The maximum atomic E-state index is 11.0. The molecule has 0 aromatic carbocycles. The standard InChI is InChI=1S/C8H16N2O4/c1-8(2,3)14-7(12)4-10-13-5-6(9)11/h10H,4-5H2,1-3H3,(H2,9,11). The molecule has 14 heavy (non-hydrogen) atoms. The zero-order chi connectivity index (χ0) is 11.2. The highest BCUT2D eigenvalue weighted by atomic mass is 16.7. The van der Waals surface area contributed by atoms with E-state index in [0.717, 1.165) is 0 Å². The van der Waals surface area contributed by atoms with Gasteiger partial charge in [0.1, 0.15) is 18.8 Å². The number of esters is 1. The molecule has 0 saturated heterocycles. The molecule has 6 nitrogen and oxygen atoms in total. The first-order chi connectivity index (χ1) is 6.31. The van der Waals surface area contributed by atoms with Gasteiger partial charge in [-0.05, 0) is 20.8 Å². The van der Waals surface area contributed by atoms with E-state index in [1.165, 1.54) is 0 Å². The van der Waals surface area contributed by atoms with Crippen molar-refractivity contribution in [3.8, 4) is 0 Å². The summed E-state index contributed by atoms with van der Waals surface area (Å²) in [5.74, 6) is -1.07. The number of ether oxygens (including phenoxy) is 1. The van der Waals surface area contributed by atoms with Gasteiger partial charge < -0.3 is 10.5 Å². The number of hydrogen-bond donors (Lipinski definition) is 2. The molecule has 0 bridgehead atoms. The van der Waals surface area contributed by atoms with Crippen LogP contribution in [0.5, 0.6) is 0 Å². The van der Waals surface area contributed by atoms with Crippen molar-refractivity contribution in [1.82, 2.24) is 5.48 Å². The van der Waals surface area contributed by atoms with Gasteiger partial charge in [0.2, 0.25) is 5.91 Å². The fraction of sp³-hybridized carbons (Fsp3) is 0.750. The molecule has 0 radical (unpaired) electrons. The summed E-state index contributed by atoms with van der Waals surface area (Å²) in [4.78, 5) is 25.8. The van der Waals surface area contributed by atoms with Crippen LogP contribution in [-0.2, 0) is 19.2 Å². The topological polar surface area (TPSA) is 90.7 Å². The molecule has 0 atom stereocenters. The van der Waals surface area contributed by atoms with E-state index >= 15 is 0 Å². The van der Waals surface area contributed by atoms with E-state index < -0.39 is 17.5 Å². The summed E-state index contributed by atoms with van der Waals surface area (Å²) < 4.78 is 4.95. The number of primary amides is 1. The first-order valence-electron chi connectivity index (χ1n) is 4.16. The van der Waals surface area contributed by atoms with Gasteiger partial charge in [-0.25, -0.2) is 0 Å². The average molecular weight is 204 g/mol. The Bertz CT molecular complexity index is 210. The quantitative estimate of drug-likeness (QED) is 0.352. The molecule has 82 valence electrons. The Morgan fingerprint density at radius 3 is 2.36 bits per heavy atom. The van der Waals surface area contributed by atoms with Crippen LogP contribution in [0, 0.1) is 0 Å². The second-order valence-corrected chi connectivity index (χ2v) is 3.66. The fourth-order valence-corrected chi connectivity index (χ4v) is 0.610. The molecule has 0 fully saturated rings. The molecule has 0 aliphatic carbocycles. The molecule has 3 N–H and O–H groups in total. The predicted molar refractivity (Wildman–Crippen MR) is 49.0 cm³/mol. The zero-order valence-corrected chi connectivity index (χ0v) is 8.62. The Kier molecular flexibility index (Phi) is 5.11. The van der Waals surface area contributed by atoms with Crippen molar-refractivity contribution in [2.45, 2.75) is 26.4 Å². The fourth-order valence-electron chi connectivity index (χ4n) is 0.610. The van der Waals surface area contributed by atoms with Gasteiger partial charge in [-0.15, -0.1) is 0 Å². The van der Waals surface area contributed by atoms with Crippen LogP contribution >= 0.6 is 0 Å². The van der Waals surface area contributed by atoms with Crippen LogP contribution in [-0.4, -0.2) is 30.6 Å². The van der Waals surface area contributed by atoms with Gasteiger partial charge >= 0.3 is 5.97 Å². The molecule has 0 spiro atoms. The molecule has 0 unspecified atom stereocenters. The molecular weight excluding hydrogens is 188 g/mol. The van der Waals surface area contributed by atoms with Crippen LogP contribution in [0.4, 0.5) is 0 Å². The Labute approximate surface area is 82.7 Å². The SMILES string of the molecule is CC(C)(C)OC(=O)CNOCC(N)=O. The van der Waals surface area contributed by atoms with Crippen LogP contribution < -0.4 is 11.2 Å². The first kappa shape index (κ1) is 12.9. The number of carbonyl (C=O) groups excluding carboxylic acids is 2. The number of hydrogen-bond acceptors (Lipinski definition) is 5. The first-order valence-corrected chi connectivity index (χ1v) is 4.16. The second-order valence-electron chi connectivity index (χ2n) is 3.66. The molecule has 6 heteroatoms. The lowest BCUT2D eigenvalue weighted by Crippen LogP contribution is -2.33. The maximum Gasteiger partial charge on any atom is 0.322 e. The summed E-state index contributed by atoms with van der Waals surface area (Å²) in [6.45, 7) is 4.88. The van der Waals surface area contributed by atoms with Gasteiger partial charge in [0.25, 0.3) is 0 Å². The Balaban J connectivity index is 3.50. The number of nitrogens with two attached hydrogens (primary N) is 1. The van der Waals surface area contributed by atoms with Gasteiger partial charge in [0.05, 0.1) is 0 Å². The van der Waals surface area contributed by atoms with Crippen LogP contribution in [0.1, 0.15) is 20.8 Å². The molecule has 1 amide bonds. The van der Waals surface area contributed by atoms with Gasteiger partial charge in [-0.2, -0.15) is 5.48 Å². The highest BCUT2D eigenvalue weighted by molar-refractivity contribution is 5.75. The molecule has 0 rings (SSSR count). The van der Waals surface area contributed by atoms with E-state index in [9.17, 15) is 9.59 Å². The van der Waals surface area contributed by atoms with Crippen molar-refractivity contribution in [2.24, 2.45) is 5.73 Å². The third-order valence-corrected chi connectivity index (χ3v) is 0.953. The largest absolute Gasteiger partial charge is 0.459 e. The van der Waals surface area contributed by atoms with Crippen molar-refractivity contribution in [3.05, 3.63) is 0 Å². The number of hydroxylamine groups is 1. The summed E-state index contributed by atoms with van der Waals surface area (Å²) in [5, 5.41) is 0. The zero-order valence-electron chi connectivity index (χ0n) is 8.62. The summed E-state index contributed by atoms with van der Waals surface area (Å²) in [6.07, 6.45) is 0. The normalized spacial score (nSPS) is 11.1. The average Bonchev–Trinajstić information content (AvgIpc) is 1.94. The number of nitrogens with one attached hydrogen (secondary N) is 1. The smallest absolute Gasteiger partial charge is 0.322 e. The van der Waals surface area contributed by atoms with E-state index in [-0.39, 0.29) is 13.2 Å². The van der Waals surface area contributed by atoms with Crippen LogP contribution in [0.3, 0.4) is 0 Å². The van der Waals surface area contributed by atoms with Crippen molar-refractivity contribution in [1.29, 1.82) is 0 Å². The van der Waals surface area contributed by atoms with E-state index in [1.54, 1.807) is 20.8 Å². The minimum absolute atomic E-state index is 0.120. The molecule has 0 saturated carbocycles. The Morgan fingerprint density at radius 1 is 1.36 bits per heavy atom. The minimum atomic E-state index is -0.610. The molecule has 0 aromatic rings. The molecule has 0 aromatic heterocycles. The van der Waals surface area contributed by atoms with Gasteiger partial charge in [0.15, 0.2) is 0 Å². The number of carbonyl (C=O) groups is 2. The highest BCUT2D eigenvalue weighted by Crippen LogP contribution is 2.05. The van der Waals surface area contributed by atoms with E-state index in [0.29, 0.717) is 0 Å². The van der Waals surface area contributed by atoms with Crippen molar-refractivity contribution < 1.29 is 19.2 Å². The Morgan fingerprint density at radius 2 is 1.93 bits per heavy atom. The summed E-state index contributed by atoms with van der Waals surface area (Å²) in [6, 6.07) is 0. The van der Waals surface area contributed by atoms with E-state index in [4.69, 9.17) is 10.5 Å². The van der Waals surface area contributed by atoms with Crippen molar-refractivity contribution in [3.63, 3.8) is 0 Å². The number of rotatable bonds is 5. The van der Waals surface area contributed by atoms with Crippen molar-refractivity contribution >= 4 is 11.9 Å². The van der Waals surface area contributed by atoms with Crippen LogP contribution in [0.25, 0.3) is 0 Å². The third-order valence-electron chi connectivity index (χ3n) is 0.953. The third kappa shape index (κ3) is 8.95. The lowest BCUT2D eigenvalue weighted by Gasteiger charge is -2.19. The summed E-state index contributed by atoms with van der Waals surface area (Å²) in [5.41, 5.74) is 6.53. The van der Waals surface area contributed by atoms with E-state index in [2.05, 4.69) is 10.3 Å². The molecule has 0 heterocycles. The lowest BCUT2D eigenvalue weighted by molar-refractivity contribution is -0.157. The minimum Gasteiger partial charge on any atom is -0.459 e. The van der Waals surface area contributed by atoms with Crippen molar-refractivity contribution in [2.75, 3.05) is 13.2 Å². The maximum absolute atomic E-state index is 11.0. The molecular formula is C8H16N2O4. The molecule has 0 aliphatic rings. The lowest BCUT2D eigenvalue weighted by atomic mass is 10.2. The predicted octanol–water partition coefficient (Wildman–Crippen LogP) is -0.665. The van der Waals surface area contributed by atoms with E-state index in [1.807, 2.05) is 0 Å². The van der Waals surface area contributed by atoms with Crippen LogP contribution in [0.15, 0.2) is 0 Å². The van der Waals surface area contributed by atoms with Gasteiger partial charge in [-0.1, -0.05) is 0 Å². The second kappa shape index (κ2) is 5.56. The van der Waals surface area contributed by atoms with Gasteiger partial charge in [-0.3, -0.25) is 14.4 Å². The molecule has 0 aliphatic heterocycles. The monoisotopic (exact) mass is 204 g/mol. The van der Waals surface area contributed by atoms with Gasteiger partial charge in [0, 0.05) is 0 Å². The summed E-state index contributed by atoms with van der Waals surface area (Å²) in [7, 11) is 0. The Hall–Kier alpha value is -1.14.